The van der Waals surface area contributed by atoms with Crippen molar-refractivity contribution < 1.29 is 9.50 Å². The summed E-state index contributed by atoms with van der Waals surface area (Å²) in [6.07, 6.45) is 1.75. The maximum absolute atomic E-state index is 13.2. The molecule has 0 spiro atoms. The van der Waals surface area contributed by atoms with E-state index in [9.17, 15) is 9.50 Å². The average molecular weight is 292 g/mol. The average Bonchev–Trinajstić information content (AvgIpc) is 2.89. The van der Waals surface area contributed by atoms with Gasteiger partial charge < -0.3 is 9.67 Å². The number of benzene rings is 2. The standard InChI is InChI=1S/C18H13FN2O/c19-12-5-7-14(8-6-12)21-17-4-2-1-3-15(17)16-9-13(11-22)20-10-18(16)21/h1-10,22H,11H2. The van der Waals surface area contributed by atoms with Crippen molar-refractivity contribution in [2.24, 2.45) is 0 Å². The van der Waals surface area contributed by atoms with Crippen LogP contribution >= 0.6 is 0 Å². The summed E-state index contributed by atoms with van der Waals surface area (Å²) in [4.78, 5) is 4.28. The van der Waals surface area contributed by atoms with Crippen LogP contribution < -0.4 is 0 Å². The Morgan fingerprint density at radius 3 is 2.50 bits per heavy atom. The second-order valence-electron chi connectivity index (χ2n) is 5.18. The Kier molecular flexibility index (Phi) is 2.91. The zero-order chi connectivity index (χ0) is 15.1. The number of pyridine rings is 1. The second kappa shape index (κ2) is 4.93. The van der Waals surface area contributed by atoms with Crippen molar-refractivity contribution in [1.82, 2.24) is 9.55 Å². The molecular formula is C18H13FN2O. The fourth-order valence-electron chi connectivity index (χ4n) is 2.87. The number of aromatic nitrogens is 2. The van der Waals surface area contributed by atoms with Gasteiger partial charge in [-0.05, 0) is 36.4 Å². The predicted molar refractivity (Wildman–Crippen MR) is 84.5 cm³/mol. The summed E-state index contributed by atoms with van der Waals surface area (Å²) in [6, 6.07) is 16.3. The van der Waals surface area contributed by atoms with E-state index in [0.29, 0.717) is 5.69 Å². The van der Waals surface area contributed by atoms with Gasteiger partial charge in [0, 0.05) is 16.5 Å². The van der Waals surface area contributed by atoms with E-state index >= 15 is 0 Å². The molecule has 0 saturated heterocycles. The van der Waals surface area contributed by atoms with Crippen LogP contribution in [0.3, 0.4) is 0 Å². The molecule has 0 atom stereocenters. The van der Waals surface area contributed by atoms with Crippen LogP contribution in [0.2, 0.25) is 0 Å². The van der Waals surface area contributed by atoms with Crippen molar-refractivity contribution in [3.63, 3.8) is 0 Å². The Morgan fingerprint density at radius 2 is 1.73 bits per heavy atom. The molecule has 0 amide bonds. The molecular weight excluding hydrogens is 279 g/mol. The van der Waals surface area contributed by atoms with Gasteiger partial charge in [-0.15, -0.1) is 0 Å². The number of fused-ring (bicyclic) bond motifs is 3. The number of rotatable bonds is 2. The summed E-state index contributed by atoms with van der Waals surface area (Å²) in [5.74, 6) is -0.259. The van der Waals surface area contributed by atoms with Gasteiger partial charge in [0.25, 0.3) is 0 Å². The van der Waals surface area contributed by atoms with Gasteiger partial charge in [0.2, 0.25) is 0 Å². The van der Waals surface area contributed by atoms with Gasteiger partial charge in [0.1, 0.15) is 5.82 Å². The van der Waals surface area contributed by atoms with E-state index in [2.05, 4.69) is 9.55 Å². The third kappa shape index (κ3) is 1.89. The van der Waals surface area contributed by atoms with Gasteiger partial charge in [-0.2, -0.15) is 0 Å². The van der Waals surface area contributed by atoms with E-state index < -0.39 is 0 Å². The van der Waals surface area contributed by atoms with Crippen molar-refractivity contribution in [1.29, 1.82) is 0 Å². The molecule has 2 aromatic heterocycles. The van der Waals surface area contributed by atoms with Crippen molar-refractivity contribution in [2.45, 2.75) is 6.61 Å². The molecule has 0 saturated carbocycles. The monoisotopic (exact) mass is 292 g/mol. The van der Waals surface area contributed by atoms with Crippen LogP contribution in [0.15, 0.2) is 60.8 Å². The van der Waals surface area contributed by atoms with Crippen LogP contribution in [0.4, 0.5) is 4.39 Å². The van der Waals surface area contributed by atoms with E-state index in [-0.39, 0.29) is 12.4 Å². The molecule has 0 bridgehead atoms. The first kappa shape index (κ1) is 13.0. The highest BCUT2D eigenvalue weighted by atomic mass is 19.1. The molecule has 0 aliphatic heterocycles. The zero-order valence-electron chi connectivity index (χ0n) is 11.7. The lowest BCUT2D eigenvalue weighted by Gasteiger charge is -2.07. The number of hydrogen-bond acceptors (Lipinski definition) is 2. The lowest BCUT2D eigenvalue weighted by Crippen LogP contribution is -1.95. The fourth-order valence-corrected chi connectivity index (χ4v) is 2.87. The summed E-state index contributed by atoms with van der Waals surface area (Å²) < 4.78 is 15.3. The summed E-state index contributed by atoms with van der Waals surface area (Å²) >= 11 is 0. The number of para-hydroxylation sites is 1. The zero-order valence-corrected chi connectivity index (χ0v) is 11.7. The quantitative estimate of drug-likeness (QED) is 0.610. The first-order valence-electron chi connectivity index (χ1n) is 7.03. The first-order valence-corrected chi connectivity index (χ1v) is 7.03. The van der Waals surface area contributed by atoms with Crippen LogP contribution in [-0.2, 0) is 6.61 Å². The third-order valence-electron chi connectivity index (χ3n) is 3.86. The predicted octanol–water partition coefficient (Wildman–Crippen LogP) is 3.81. The lowest BCUT2D eigenvalue weighted by molar-refractivity contribution is 0.277. The molecule has 1 N–H and O–H groups in total. The molecule has 4 heteroatoms. The topological polar surface area (TPSA) is 38.0 Å². The highest BCUT2D eigenvalue weighted by Gasteiger charge is 2.12. The maximum Gasteiger partial charge on any atom is 0.123 e. The number of halogens is 1. The Labute approximate surface area is 126 Å². The Bertz CT molecular complexity index is 974. The second-order valence-corrected chi connectivity index (χ2v) is 5.18. The Hall–Kier alpha value is -2.72. The molecule has 0 fully saturated rings. The fraction of sp³-hybridized carbons (Fsp3) is 0.0556. The highest BCUT2D eigenvalue weighted by Crippen LogP contribution is 2.31. The van der Waals surface area contributed by atoms with Gasteiger partial charge >= 0.3 is 0 Å². The molecule has 2 heterocycles. The van der Waals surface area contributed by atoms with Gasteiger partial charge in [-0.1, -0.05) is 18.2 Å². The Balaban J connectivity index is 2.13. The van der Waals surface area contributed by atoms with Crippen molar-refractivity contribution >= 4 is 21.8 Å². The molecule has 2 aromatic carbocycles. The molecule has 0 aliphatic rings. The minimum Gasteiger partial charge on any atom is -0.390 e. The summed E-state index contributed by atoms with van der Waals surface area (Å²) in [5.41, 5.74) is 3.48. The van der Waals surface area contributed by atoms with Gasteiger partial charge in [-0.25, -0.2) is 4.39 Å². The van der Waals surface area contributed by atoms with Crippen LogP contribution in [0, 0.1) is 5.82 Å². The number of hydrogen-bond donors (Lipinski definition) is 1. The van der Waals surface area contributed by atoms with Crippen LogP contribution in [-0.4, -0.2) is 14.7 Å². The van der Waals surface area contributed by atoms with E-state index in [1.54, 1.807) is 18.3 Å². The summed E-state index contributed by atoms with van der Waals surface area (Å²) in [6.45, 7) is -0.0913. The summed E-state index contributed by atoms with van der Waals surface area (Å²) in [7, 11) is 0. The van der Waals surface area contributed by atoms with Crippen LogP contribution in [0.1, 0.15) is 5.69 Å². The van der Waals surface area contributed by atoms with Crippen LogP contribution in [0.25, 0.3) is 27.5 Å². The molecule has 0 radical (unpaired) electrons. The largest absolute Gasteiger partial charge is 0.390 e. The first-order chi connectivity index (χ1) is 10.8. The summed E-state index contributed by atoms with van der Waals surface area (Å²) in [5, 5.41) is 11.4. The van der Waals surface area contributed by atoms with Gasteiger partial charge in [-0.3, -0.25) is 4.98 Å². The van der Waals surface area contributed by atoms with Gasteiger partial charge in [0.05, 0.1) is 29.5 Å². The van der Waals surface area contributed by atoms with Crippen molar-refractivity contribution in [2.75, 3.05) is 0 Å². The van der Waals surface area contributed by atoms with Crippen LogP contribution in [0.5, 0.6) is 0 Å². The minimum atomic E-state index is -0.259. The Morgan fingerprint density at radius 1 is 0.955 bits per heavy atom. The SMILES string of the molecule is OCc1cc2c3ccccc3n(-c3ccc(F)cc3)c2cn1. The number of aliphatic hydroxyl groups is 1. The molecule has 4 rings (SSSR count). The van der Waals surface area contributed by atoms with Crippen molar-refractivity contribution in [3.8, 4) is 5.69 Å². The molecule has 0 unspecified atom stereocenters. The third-order valence-corrected chi connectivity index (χ3v) is 3.86. The minimum absolute atomic E-state index is 0.0913. The van der Waals surface area contributed by atoms with E-state index in [1.807, 2.05) is 30.3 Å². The molecule has 0 aliphatic carbocycles. The number of aliphatic hydroxyl groups excluding tert-OH is 1. The molecule has 108 valence electrons. The van der Waals surface area contributed by atoms with Gasteiger partial charge in [0.15, 0.2) is 0 Å². The lowest BCUT2D eigenvalue weighted by atomic mass is 10.2. The molecule has 3 nitrogen and oxygen atoms in total. The smallest absolute Gasteiger partial charge is 0.123 e. The van der Waals surface area contributed by atoms with E-state index in [1.165, 1.54) is 12.1 Å². The molecule has 22 heavy (non-hydrogen) atoms. The number of nitrogens with zero attached hydrogens (tertiary/aromatic N) is 2. The maximum atomic E-state index is 13.2. The molecule has 4 aromatic rings. The van der Waals surface area contributed by atoms with E-state index in [4.69, 9.17) is 0 Å². The normalized spacial score (nSPS) is 11.4. The van der Waals surface area contributed by atoms with Crippen molar-refractivity contribution in [3.05, 3.63) is 72.3 Å². The van der Waals surface area contributed by atoms with E-state index in [0.717, 1.165) is 27.5 Å². The highest BCUT2D eigenvalue weighted by molar-refractivity contribution is 6.09.